The lowest BCUT2D eigenvalue weighted by molar-refractivity contribution is -0.139. The Morgan fingerprint density at radius 2 is 2.05 bits per heavy atom. The molecule has 6 nitrogen and oxygen atoms in total. The van der Waals surface area contributed by atoms with Gasteiger partial charge in [0.05, 0.1) is 16.6 Å². The molecule has 0 unspecified atom stereocenters. The van der Waals surface area contributed by atoms with Gasteiger partial charge in [-0.3, -0.25) is 10.1 Å². The molecular formula is C12H12F3N3O3. The quantitative estimate of drug-likeness (QED) is 0.914. The van der Waals surface area contributed by atoms with E-state index in [1.54, 1.807) is 6.92 Å². The zero-order valence-corrected chi connectivity index (χ0v) is 10.9. The first-order chi connectivity index (χ1) is 9.73. The number of anilines is 1. The Labute approximate surface area is 116 Å². The van der Waals surface area contributed by atoms with Crippen molar-refractivity contribution >= 4 is 22.7 Å². The van der Waals surface area contributed by atoms with Gasteiger partial charge in [-0.25, -0.2) is 4.79 Å². The van der Waals surface area contributed by atoms with Gasteiger partial charge in [-0.2, -0.15) is 13.2 Å². The Hall–Kier alpha value is -2.45. The normalized spacial score (nSPS) is 11.8. The van der Waals surface area contributed by atoms with Crippen molar-refractivity contribution in [1.29, 1.82) is 0 Å². The van der Waals surface area contributed by atoms with Crippen molar-refractivity contribution in [3.63, 3.8) is 0 Å². The molecule has 0 radical (unpaired) electrons. The average molecular weight is 303 g/mol. The third-order valence-corrected chi connectivity index (χ3v) is 2.94. The van der Waals surface area contributed by atoms with Gasteiger partial charge in [-0.05, 0) is 13.0 Å². The van der Waals surface area contributed by atoms with Gasteiger partial charge in [0.2, 0.25) is 0 Å². The molecule has 9 heteroatoms. The first kappa shape index (κ1) is 14.9. The average Bonchev–Trinajstić information content (AvgIpc) is 2.65. The Bertz CT molecular complexity index is 746. The van der Waals surface area contributed by atoms with E-state index in [0.717, 1.165) is 10.8 Å². The minimum Gasteiger partial charge on any atom is -0.465 e. The van der Waals surface area contributed by atoms with Crippen LogP contribution in [0.2, 0.25) is 0 Å². The van der Waals surface area contributed by atoms with Crippen molar-refractivity contribution in [1.82, 2.24) is 9.13 Å². The van der Waals surface area contributed by atoms with Crippen molar-refractivity contribution in [3.05, 3.63) is 28.8 Å². The lowest BCUT2D eigenvalue weighted by Crippen LogP contribution is -2.20. The zero-order chi connectivity index (χ0) is 15.8. The number of carboxylic acid groups (broad SMARTS) is 1. The first-order valence-electron chi connectivity index (χ1n) is 6.02. The van der Waals surface area contributed by atoms with Crippen LogP contribution in [0, 0.1) is 0 Å². The molecule has 0 bridgehead atoms. The van der Waals surface area contributed by atoms with E-state index in [1.807, 2.05) is 5.32 Å². The molecule has 0 fully saturated rings. The minimum atomic E-state index is -4.48. The number of pyridine rings is 1. The molecule has 21 heavy (non-hydrogen) atoms. The van der Waals surface area contributed by atoms with Gasteiger partial charge >= 0.3 is 12.3 Å². The van der Waals surface area contributed by atoms with Crippen LogP contribution < -0.4 is 10.9 Å². The van der Waals surface area contributed by atoms with Crippen molar-refractivity contribution in [2.75, 3.05) is 5.32 Å². The van der Waals surface area contributed by atoms with E-state index < -0.39 is 24.4 Å². The smallest absolute Gasteiger partial charge is 0.409 e. The molecule has 0 aliphatic heterocycles. The molecule has 0 aliphatic carbocycles. The van der Waals surface area contributed by atoms with E-state index in [-0.39, 0.29) is 16.6 Å². The summed E-state index contributed by atoms with van der Waals surface area (Å²) in [7, 11) is 0. The number of carbonyl (C=O) groups is 1. The molecule has 0 saturated carbocycles. The van der Waals surface area contributed by atoms with E-state index in [1.165, 1.54) is 16.8 Å². The van der Waals surface area contributed by atoms with Gasteiger partial charge in [0, 0.05) is 18.9 Å². The highest BCUT2D eigenvalue weighted by molar-refractivity contribution is 5.98. The number of aryl methyl sites for hydroxylation is 1. The lowest BCUT2D eigenvalue weighted by Gasteiger charge is -2.09. The number of hydrogen-bond acceptors (Lipinski definition) is 2. The summed E-state index contributed by atoms with van der Waals surface area (Å²) in [4.78, 5) is 22.9. The summed E-state index contributed by atoms with van der Waals surface area (Å²) in [5, 5.41) is 10.6. The monoisotopic (exact) mass is 303 g/mol. The second-order valence-electron chi connectivity index (χ2n) is 4.38. The van der Waals surface area contributed by atoms with Crippen LogP contribution in [0.1, 0.15) is 6.92 Å². The molecule has 2 aromatic rings. The Morgan fingerprint density at radius 1 is 1.38 bits per heavy atom. The molecule has 2 N–H and O–H groups in total. The molecule has 0 spiro atoms. The van der Waals surface area contributed by atoms with Crippen molar-refractivity contribution in [2.45, 2.75) is 26.2 Å². The van der Waals surface area contributed by atoms with E-state index in [0.29, 0.717) is 6.54 Å². The number of alkyl halides is 3. The highest BCUT2D eigenvalue weighted by atomic mass is 19.4. The van der Waals surface area contributed by atoms with Crippen molar-refractivity contribution < 1.29 is 23.1 Å². The van der Waals surface area contributed by atoms with Crippen molar-refractivity contribution in [3.8, 4) is 0 Å². The number of halogens is 3. The van der Waals surface area contributed by atoms with Crippen LogP contribution in [0.5, 0.6) is 0 Å². The fourth-order valence-corrected chi connectivity index (χ4v) is 2.13. The maximum Gasteiger partial charge on any atom is 0.409 e. The van der Waals surface area contributed by atoms with Crippen LogP contribution in [0.3, 0.4) is 0 Å². The van der Waals surface area contributed by atoms with Gasteiger partial charge in [-0.1, -0.05) is 0 Å². The Kier molecular flexibility index (Phi) is 3.67. The highest BCUT2D eigenvalue weighted by Gasteiger charge is 2.29. The van der Waals surface area contributed by atoms with Crippen LogP contribution in [0.25, 0.3) is 10.9 Å². The molecule has 0 saturated heterocycles. The molecular weight excluding hydrogens is 291 g/mol. The Balaban J connectivity index is 2.70. The second kappa shape index (κ2) is 5.15. The van der Waals surface area contributed by atoms with Crippen LogP contribution in [0.4, 0.5) is 23.7 Å². The van der Waals surface area contributed by atoms with Crippen LogP contribution in [0.15, 0.2) is 23.3 Å². The number of rotatable bonds is 3. The molecule has 2 aromatic heterocycles. The maximum atomic E-state index is 12.5. The number of amides is 1. The first-order valence-corrected chi connectivity index (χ1v) is 6.02. The number of hydrogen-bond donors (Lipinski definition) is 2. The zero-order valence-electron chi connectivity index (χ0n) is 10.9. The molecule has 1 amide bonds. The van der Waals surface area contributed by atoms with Crippen LogP contribution in [-0.2, 0) is 13.1 Å². The van der Waals surface area contributed by atoms with E-state index >= 15 is 0 Å². The third kappa shape index (κ3) is 3.01. The maximum absolute atomic E-state index is 12.5. The largest absolute Gasteiger partial charge is 0.465 e. The standard InChI is InChI=1S/C12H12F3N3O3/c1-2-17-4-3-8-9(10(17)19)7(16-11(20)21)5-18(8)6-12(13,14)15/h3-5,16H,2,6H2,1H3,(H,20,21). The summed E-state index contributed by atoms with van der Waals surface area (Å²) in [6, 6.07) is 1.36. The Morgan fingerprint density at radius 3 is 2.57 bits per heavy atom. The van der Waals surface area contributed by atoms with Gasteiger partial charge in [0.15, 0.2) is 0 Å². The summed E-state index contributed by atoms with van der Waals surface area (Å²) in [5.41, 5.74) is -0.667. The molecule has 2 heterocycles. The van der Waals surface area contributed by atoms with Crippen LogP contribution in [-0.4, -0.2) is 26.5 Å². The summed E-state index contributed by atoms with van der Waals surface area (Å²) in [6.45, 7) is 0.719. The molecule has 0 aromatic carbocycles. The topological polar surface area (TPSA) is 76.3 Å². The number of nitrogens with one attached hydrogen (secondary N) is 1. The number of aromatic nitrogens is 2. The lowest BCUT2D eigenvalue weighted by atomic mass is 10.3. The van der Waals surface area contributed by atoms with Gasteiger partial charge < -0.3 is 14.2 Å². The predicted octanol–water partition coefficient (Wildman–Crippen LogP) is 2.48. The number of nitrogens with zero attached hydrogens (tertiary/aromatic N) is 2. The fraction of sp³-hybridized carbons (Fsp3) is 0.333. The summed E-state index contributed by atoms with van der Waals surface area (Å²) in [6.07, 6.45) is -3.57. The van der Waals surface area contributed by atoms with E-state index in [4.69, 9.17) is 5.11 Å². The molecule has 0 atom stereocenters. The van der Waals surface area contributed by atoms with Gasteiger partial charge in [0.25, 0.3) is 5.56 Å². The van der Waals surface area contributed by atoms with E-state index in [2.05, 4.69) is 0 Å². The minimum absolute atomic E-state index is 0.0331. The van der Waals surface area contributed by atoms with Crippen molar-refractivity contribution in [2.24, 2.45) is 0 Å². The molecule has 2 rings (SSSR count). The predicted molar refractivity (Wildman–Crippen MR) is 69.6 cm³/mol. The molecule has 114 valence electrons. The summed E-state index contributed by atoms with van der Waals surface area (Å²) in [5.74, 6) is 0. The highest BCUT2D eigenvalue weighted by Crippen LogP contribution is 2.27. The van der Waals surface area contributed by atoms with Crippen LogP contribution >= 0.6 is 0 Å². The van der Waals surface area contributed by atoms with Gasteiger partial charge in [0.1, 0.15) is 6.54 Å². The molecule has 0 aliphatic rings. The number of fused-ring (bicyclic) bond motifs is 1. The fourth-order valence-electron chi connectivity index (χ4n) is 2.13. The van der Waals surface area contributed by atoms with Gasteiger partial charge in [-0.15, -0.1) is 0 Å². The SMILES string of the molecule is CCn1ccc2c(c(NC(=O)O)cn2CC(F)(F)F)c1=O. The summed E-state index contributed by atoms with van der Waals surface area (Å²) >= 11 is 0. The second-order valence-corrected chi connectivity index (χ2v) is 4.38. The summed E-state index contributed by atoms with van der Waals surface area (Å²) < 4.78 is 39.7. The third-order valence-electron chi connectivity index (χ3n) is 2.94. The van der Waals surface area contributed by atoms with E-state index in [9.17, 15) is 22.8 Å².